The Morgan fingerprint density at radius 1 is 1.03 bits per heavy atom. The number of piperazine rings is 1. The van der Waals surface area contributed by atoms with Crippen LogP contribution in [0.1, 0.15) is 24.8 Å². The second kappa shape index (κ2) is 8.17. The van der Waals surface area contributed by atoms with E-state index in [1.165, 1.54) is 4.31 Å². The van der Waals surface area contributed by atoms with E-state index < -0.39 is 10.0 Å². The number of carbonyl (C=O) groups is 1. The van der Waals surface area contributed by atoms with Crippen molar-refractivity contribution in [3.05, 3.63) is 54.1 Å². The van der Waals surface area contributed by atoms with Crippen LogP contribution in [0.5, 0.6) is 0 Å². The van der Waals surface area contributed by atoms with Crippen molar-refractivity contribution in [3.8, 4) is 0 Å². The maximum absolute atomic E-state index is 13.1. The smallest absolute Gasteiger partial charge is 0.245 e. The van der Waals surface area contributed by atoms with E-state index in [2.05, 4.69) is 8.75 Å². The average molecular weight is 431 g/mol. The zero-order valence-corrected chi connectivity index (χ0v) is 17.7. The number of hydrogen-bond donors (Lipinski definition) is 0. The van der Waals surface area contributed by atoms with Gasteiger partial charge in [0, 0.05) is 26.2 Å². The number of nitrogens with zero attached hydrogens (tertiary/aromatic N) is 4. The minimum atomic E-state index is -3.69. The first-order chi connectivity index (χ1) is 14.0. The lowest BCUT2D eigenvalue weighted by Crippen LogP contribution is -2.51. The predicted molar refractivity (Wildman–Crippen MR) is 112 cm³/mol. The Morgan fingerprint density at radius 2 is 1.76 bits per heavy atom. The summed E-state index contributed by atoms with van der Waals surface area (Å²) in [7, 11) is -3.69. The fourth-order valence-corrected chi connectivity index (χ4v) is 5.91. The van der Waals surface area contributed by atoms with Gasteiger partial charge in [-0.05, 0) is 24.1 Å². The van der Waals surface area contributed by atoms with E-state index in [1.807, 2.05) is 37.3 Å². The van der Waals surface area contributed by atoms with E-state index >= 15 is 0 Å². The van der Waals surface area contributed by atoms with Gasteiger partial charge in [-0.25, -0.2) is 8.42 Å². The van der Waals surface area contributed by atoms with Crippen LogP contribution in [0.3, 0.4) is 0 Å². The van der Waals surface area contributed by atoms with Crippen LogP contribution in [0, 0.1) is 0 Å². The zero-order chi connectivity index (χ0) is 20.4. The molecule has 2 heterocycles. The van der Waals surface area contributed by atoms with Crippen LogP contribution in [-0.2, 0) is 14.8 Å². The maximum atomic E-state index is 13.1. The highest BCUT2D eigenvalue weighted by Gasteiger charge is 2.33. The molecule has 9 heteroatoms. The van der Waals surface area contributed by atoms with Gasteiger partial charge in [0.2, 0.25) is 15.9 Å². The van der Waals surface area contributed by atoms with Crippen molar-refractivity contribution in [1.29, 1.82) is 0 Å². The van der Waals surface area contributed by atoms with Crippen LogP contribution >= 0.6 is 11.7 Å². The molecule has 3 aromatic rings. The largest absolute Gasteiger partial charge is 0.340 e. The summed E-state index contributed by atoms with van der Waals surface area (Å²) in [4.78, 5) is 15.0. The Balaban J connectivity index is 1.49. The SMILES string of the molecule is CCC(C(=O)N1CCN(S(=O)(=O)c2cccc3nsnc23)CC1)c1ccccc1. The molecule has 0 aliphatic carbocycles. The molecule has 0 spiro atoms. The van der Waals surface area contributed by atoms with Gasteiger partial charge in [-0.3, -0.25) is 4.79 Å². The molecule has 1 fully saturated rings. The second-order valence-electron chi connectivity index (χ2n) is 6.99. The normalized spacial score (nSPS) is 16.8. The van der Waals surface area contributed by atoms with Crippen LogP contribution < -0.4 is 0 Å². The average Bonchev–Trinajstić information content (AvgIpc) is 3.24. The molecule has 2 aromatic carbocycles. The summed E-state index contributed by atoms with van der Waals surface area (Å²) in [5, 5.41) is 0. The van der Waals surface area contributed by atoms with Crippen molar-refractivity contribution in [1.82, 2.24) is 18.0 Å². The lowest BCUT2D eigenvalue weighted by molar-refractivity contribution is -0.134. The minimum Gasteiger partial charge on any atom is -0.340 e. The van der Waals surface area contributed by atoms with Crippen LogP contribution in [0.2, 0.25) is 0 Å². The van der Waals surface area contributed by atoms with Gasteiger partial charge >= 0.3 is 0 Å². The van der Waals surface area contributed by atoms with Crippen molar-refractivity contribution < 1.29 is 13.2 Å². The zero-order valence-electron chi connectivity index (χ0n) is 16.1. The Kier molecular flexibility index (Phi) is 5.62. The molecule has 1 saturated heterocycles. The molecule has 7 nitrogen and oxygen atoms in total. The molecular formula is C20H22N4O3S2. The molecule has 1 atom stereocenters. The van der Waals surface area contributed by atoms with Crippen LogP contribution in [0.25, 0.3) is 11.0 Å². The third-order valence-corrected chi connectivity index (χ3v) is 7.80. The molecule has 1 amide bonds. The number of rotatable bonds is 5. The van der Waals surface area contributed by atoms with Gasteiger partial charge in [0.15, 0.2) is 0 Å². The van der Waals surface area contributed by atoms with Crippen molar-refractivity contribution in [2.24, 2.45) is 0 Å². The summed E-state index contributed by atoms with van der Waals surface area (Å²) in [5.41, 5.74) is 1.99. The molecule has 0 saturated carbocycles. The Morgan fingerprint density at radius 3 is 2.45 bits per heavy atom. The number of amides is 1. The van der Waals surface area contributed by atoms with Crippen molar-refractivity contribution >= 4 is 38.7 Å². The molecule has 29 heavy (non-hydrogen) atoms. The summed E-state index contributed by atoms with van der Waals surface area (Å²) in [5.74, 6) is -0.143. The van der Waals surface area contributed by atoms with Crippen LogP contribution in [0.15, 0.2) is 53.4 Å². The number of hydrogen-bond acceptors (Lipinski definition) is 6. The monoisotopic (exact) mass is 430 g/mol. The van der Waals surface area contributed by atoms with Crippen LogP contribution in [-0.4, -0.2) is 58.5 Å². The minimum absolute atomic E-state index is 0.0570. The highest BCUT2D eigenvalue weighted by atomic mass is 32.2. The van der Waals surface area contributed by atoms with Gasteiger partial charge in [-0.2, -0.15) is 13.1 Å². The second-order valence-corrected chi connectivity index (χ2v) is 9.42. The highest BCUT2D eigenvalue weighted by molar-refractivity contribution is 7.89. The molecule has 1 unspecified atom stereocenters. The molecule has 0 N–H and O–H groups in total. The van der Waals surface area contributed by atoms with E-state index in [9.17, 15) is 13.2 Å². The lowest BCUT2D eigenvalue weighted by atomic mass is 9.95. The number of fused-ring (bicyclic) bond motifs is 1. The van der Waals surface area contributed by atoms with Gasteiger partial charge < -0.3 is 4.90 Å². The summed E-state index contributed by atoms with van der Waals surface area (Å²) in [6.07, 6.45) is 0.709. The van der Waals surface area contributed by atoms with E-state index in [-0.39, 0.29) is 29.8 Å². The van der Waals surface area contributed by atoms with E-state index in [0.29, 0.717) is 30.5 Å². The summed E-state index contributed by atoms with van der Waals surface area (Å²) in [6.45, 7) is 3.30. The van der Waals surface area contributed by atoms with E-state index in [0.717, 1.165) is 17.3 Å². The summed E-state index contributed by atoms with van der Waals surface area (Å²) < 4.78 is 36.0. The highest BCUT2D eigenvalue weighted by Crippen LogP contribution is 2.27. The Bertz CT molecular complexity index is 1110. The van der Waals surface area contributed by atoms with E-state index in [1.54, 1.807) is 23.1 Å². The maximum Gasteiger partial charge on any atom is 0.245 e. The first-order valence-corrected chi connectivity index (χ1v) is 11.7. The van der Waals surface area contributed by atoms with Gasteiger partial charge in [-0.1, -0.05) is 43.3 Å². The fraction of sp³-hybridized carbons (Fsp3) is 0.350. The first kappa shape index (κ1) is 19.9. The lowest BCUT2D eigenvalue weighted by Gasteiger charge is -2.35. The van der Waals surface area contributed by atoms with Crippen molar-refractivity contribution in [2.45, 2.75) is 24.2 Å². The molecule has 152 valence electrons. The topological polar surface area (TPSA) is 83.5 Å². The predicted octanol–water partition coefficient (Wildman–Crippen LogP) is 2.72. The van der Waals surface area contributed by atoms with Gasteiger partial charge in [-0.15, -0.1) is 0 Å². The third-order valence-electron chi connectivity index (χ3n) is 5.33. The number of benzene rings is 2. The van der Waals surface area contributed by atoms with Crippen LogP contribution in [0.4, 0.5) is 0 Å². The molecule has 0 bridgehead atoms. The number of aromatic nitrogens is 2. The van der Waals surface area contributed by atoms with Crippen molar-refractivity contribution in [3.63, 3.8) is 0 Å². The molecule has 1 aliphatic rings. The summed E-state index contributed by atoms with van der Waals surface area (Å²) >= 11 is 1.00. The molecule has 1 aliphatic heterocycles. The molecule has 1 aromatic heterocycles. The van der Waals surface area contributed by atoms with Gasteiger partial charge in [0.1, 0.15) is 15.9 Å². The quantitative estimate of drug-likeness (QED) is 0.621. The number of carbonyl (C=O) groups excluding carboxylic acids is 1. The molecular weight excluding hydrogens is 408 g/mol. The summed E-state index contributed by atoms with van der Waals surface area (Å²) in [6, 6.07) is 14.7. The number of sulfonamides is 1. The fourth-order valence-electron chi connectivity index (χ4n) is 3.74. The molecule has 0 radical (unpaired) electrons. The van der Waals surface area contributed by atoms with E-state index in [4.69, 9.17) is 0 Å². The molecule has 4 rings (SSSR count). The van der Waals surface area contributed by atoms with Crippen molar-refractivity contribution in [2.75, 3.05) is 26.2 Å². The Labute approximate surface area is 174 Å². The first-order valence-electron chi connectivity index (χ1n) is 9.57. The third kappa shape index (κ3) is 3.77. The Hall–Kier alpha value is -2.36. The van der Waals surface area contributed by atoms with Gasteiger partial charge in [0.25, 0.3) is 0 Å². The van der Waals surface area contributed by atoms with Gasteiger partial charge in [0.05, 0.1) is 17.6 Å². The standard InChI is InChI=1S/C20H22N4O3S2/c1-2-16(15-7-4-3-5-8-15)20(25)23-11-13-24(14-12-23)29(26,27)18-10-6-9-17-19(18)22-28-21-17/h3-10,16H,2,11-14H2,1H3.